The lowest BCUT2D eigenvalue weighted by molar-refractivity contribution is 0.0681. The summed E-state index contributed by atoms with van der Waals surface area (Å²) in [7, 11) is 2.06. The van der Waals surface area contributed by atoms with Gasteiger partial charge in [-0.2, -0.15) is 0 Å². The van der Waals surface area contributed by atoms with Gasteiger partial charge in [0.15, 0.2) is 0 Å². The highest BCUT2D eigenvalue weighted by Crippen LogP contribution is 2.23. The van der Waals surface area contributed by atoms with Crippen LogP contribution in [0, 0.1) is 5.92 Å². The van der Waals surface area contributed by atoms with E-state index in [1.807, 2.05) is 0 Å². The lowest BCUT2D eigenvalue weighted by Crippen LogP contribution is -2.38. The zero-order valence-electron chi connectivity index (χ0n) is 13.7. The monoisotopic (exact) mass is 290 g/mol. The first-order chi connectivity index (χ1) is 10.2. The van der Waals surface area contributed by atoms with Crippen LogP contribution in [0.3, 0.4) is 0 Å². The van der Waals surface area contributed by atoms with Gasteiger partial charge >= 0.3 is 0 Å². The summed E-state index contributed by atoms with van der Waals surface area (Å²) in [6.07, 6.45) is 2.89. The number of hydrogen-bond donors (Lipinski definition) is 1. The molecule has 3 unspecified atom stereocenters. The largest absolute Gasteiger partial charge is 0.377 e. The van der Waals surface area contributed by atoms with Crippen LogP contribution < -0.4 is 5.32 Å². The van der Waals surface area contributed by atoms with Crippen LogP contribution in [0.15, 0.2) is 30.3 Å². The number of hydrogen-bond acceptors (Lipinski definition) is 3. The van der Waals surface area contributed by atoms with E-state index in [1.165, 1.54) is 18.4 Å². The van der Waals surface area contributed by atoms with Crippen LogP contribution >= 0.6 is 0 Å². The lowest BCUT2D eigenvalue weighted by Gasteiger charge is -2.31. The molecule has 0 amide bonds. The molecule has 1 aromatic rings. The number of nitrogens with one attached hydrogen (secondary N) is 1. The maximum Gasteiger partial charge on any atom is 0.0702 e. The molecule has 0 aliphatic carbocycles. The van der Waals surface area contributed by atoms with Gasteiger partial charge in [0.25, 0.3) is 0 Å². The Kier molecular flexibility index (Phi) is 6.68. The highest BCUT2D eigenvalue weighted by atomic mass is 16.5. The fourth-order valence-electron chi connectivity index (χ4n) is 3.36. The van der Waals surface area contributed by atoms with Gasteiger partial charge in [-0.1, -0.05) is 44.2 Å². The van der Waals surface area contributed by atoms with Crippen molar-refractivity contribution in [2.45, 2.75) is 38.8 Å². The molecule has 1 aliphatic heterocycles. The quantitative estimate of drug-likeness (QED) is 0.796. The molecule has 3 atom stereocenters. The molecule has 118 valence electrons. The van der Waals surface area contributed by atoms with Crippen LogP contribution in [0.25, 0.3) is 0 Å². The third-order valence-corrected chi connectivity index (χ3v) is 4.52. The summed E-state index contributed by atoms with van der Waals surface area (Å²) < 4.78 is 5.78. The first kappa shape index (κ1) is 16.5. The van der Waals surface area contributed by atoms with Gasteiger partial charge in [-0.15, -0.1) is 0 Å². The summed E-state index contributed by atoms with van der Waals surface area (Å²) in [5.41, 5.74) is 1.38. The number of rotatable bonds is 8. The molecule has 1 aromatic carbocycles. The topological polar surface area (TPSA) is 24.5 Å². The molecule has 1 saturated heterocycles. The normalized spacial score (nSPS) is 21.6. The summed E-state index contributed by atoms with van der Waals surface area (Å²) in [6.45, 7) is 8.81. The first-order valence-corrected chi connectivity index (χ1v) is 8.30. The number of likely N-dealkylation sites (N-methyl/N-ethyl adjacent to an activating group) is 1. The van der Waals surface area contributed by atoms with Crippen LogP contribution in [0.2, 0.25) is 0 Å². The molecule has 0 radical (unpaired) electrons. The third kappa shape index (κ3) is 4.80. The smallest absolute Gasteiger partial charge is 0.0702 e. The third-order valence-electron chi connectivity index (χ3n) is 4.52. The summed E-state index contributed by atoms with van der Waals surface area (Å²) in [6, 6.07) is 11.2. The molecule has 1 N–H and O–H groups in total. The minimum Gasteiger partial charge on any atom is -0.377 e. The fraction of sp³-hybridized carbons (Fsp3) is 0.667. The Morgan fingerprint density at radius 2 is 2.10 bits per heavy atom. The second-order valence-electron chi connectivity index (χ2n) is 6.14. The van der Waals surface area contributed by atoms with Crippen LogP contribution in [-0.4, -0.2) is 44.3 Å². The Balaban J connectivity index is 1.91. The molecule has 1 aliphatic rings. The molecule has 0 aromatic heterocycles. The number of ether oxygens (including phenoxy) is 1. The summed E-state index contributed by atoms with van der Waals surface area (Å²) in [4.78, 5) is 2.54. The molecule has 1 fully saturated rings. The maximum atomic E-state index is 5.78. The predicted octanol–water partition coefficient (Wildman–Crippen LogP) is 3.08. The molecule has 0 saturated carbocycles. The van der Waals surface area contributed by atoms with Crippen molar-refractivity contribution in [2.24, 2.45) is 5.92 Å². The molecule has 21 heavy (non-hydrogen) atoms. The Labute approximate surface area is 129 Å². The standard InChI is InChI=1S/C18H30N2O/c1-4-20(14-17-11-8-12-21-17)13-15(2)18(19-3)16-9-6-5-7-10-16/h5-7,9-10,15,17-19H,4,8,11-14H2,1-3H3. The van der Waals surface area contributed by atoms with Crippen molar-refractivity contribution >= 4 is 0 Å². The van der Waals surface area contributed by atoms with E-state index in [2.05, 4.69) is 61.4 Å². The van der Waals surface area contributed by atoms with Crippen LogP contribution in [0.1, 0.15) is 38.3 Å². The van der Waals surface area contributed by atoms with Gasteiger partial charge in [0.2, 0.25) is 0 Å². The van der Waals surface area contributed by atoms with Gasteiger partial charge < -0.3 is 15.0 Å². The second kappa shape index (κ2) is 8.52. The summed E-state index contributed by atoms with van der Waals surface area (Å²) in [5, 5.41) is 3.48. The minimum atomic E-state index is 0.407. The van der Waals surface area contributed by atoms with Crippen LogP contribution in [0.4, 0.5) is 0 Å². The van der Waals surface area contributed by atoms with Crippen LogP contribution in [0.5, 0.6) is 0 Å². The molecule has 3 nitrogen and oxygen atoms in total. The molecular weight excluding hydrogens is 260 g/mol. The predicted molar refractivity (Wildman–Crippen MR) is 88.5 cm³/mol. The molecule has 2 rings (SSSR count). The van der Waals surface area contributed by atoms with E-state index < -0.39 is 0 Å². The van der Waals surface area contributed by atoms with E-state index >= 15 is 0 Å². The Morgan fingerprint density at radius 1 is 1.33 bits per heavy atom. The average Bonchev–Trinajstić information content (AvgIpc) is 3.01. The van der Waals surface area contributed by atoms with Crippen molar-refractivity contribution in [3.63, 3.8) is 0 Å². The van der Waals surface area contributed by atoms with E-state index in [-0.39, 0.29) is 0 Å². The number of nitrogens with zero attached hydrogens (tertiary/aromatic N) is 1. The molecule has 3 heteroatoms. The van der Waals surface area contributed by atoms with Crippen molar-refractivity contribution < 1.29 is 4.74 Å². The molecule has 0 spiro atoms. The fourth-order valence-corrected chi connectivity index (χ4v) is 3.36. The van der Waals surface area contributed by atoms with E-state index in [9.17, 15) is 0 Å². The van der Waals surface area contributed by atoms with Gasteiger partial charge in [-0.3, -0.25) is 0 Å². The first-order valence-electron chi connectivity index (χ1n) is 8.30. The Morgan fingerprint density at radius 3 is 2.67 bits per heavy atom. The number of benzene rings is 1. The zero-order valence-corrected chi connectivity index (χ0v) is 13.7. The van der Waals surface area contributed by atoms with Gasteiger partial charge in [0.05, 0.1) is 6.10 Å². The van der Waals surface area contributed by atoms with Crippen LogP contribution in [-0.2, 0) is 4.74 Å². The zero-order chi connectivity index (χ0) is 15.1. The second-order valence-corrected chi connectivity index (χ2v) is 6.14. The van der Waals surface area contributed by atoms with Crippen molar-refractivity contribution in [3.05, 3.63) is 35.9 Å². The maximum absolute atomic E-state index is 5.78. The van der Waals surface area contributed by atoms with Gasteiger partial charge in [0, 0.05) is 25.7 Å². The van der Waals surface area contributed by atoms with E-state index in [1.54, 1.807) is 0 Å². The highest BCUT2D eigenvalue weighted by Gasteiger charge is 2.23. The van der Waals surface area contributed by atoms with Gasteiger partial charge in [0.1, 0.15) is 0 Å². The lowest BCUT2D eigenvalue weighted by atomic mass is 9.94. The Bertz CT molecular complexity index is 389. The Hall–Kier alpha value is -0.900. The molecular formula is C18H30N2O. The SMILES string of the molecule is CCN(CC1CCCO1)CC(C)C(NC)c1ccccc1. The summed E-state index contributed by atoms with van der Waals surface area (Å²) in [5.74, 6) is 0.568. The van der Waals surface area contributed by atoms with E-state index in [0.29, 0.717) is 18.1 Å². The highest BCUT2D eigenvalue weighted by molar-refractivity contribution is 5.19. The molecule has 0 bridgehead atoms. The van der Waals surface area contributed by atoms with Crippen molar-refractivity contribution in [1.29, 1.82) is 0 Å². The van der Waals surface area contributed by atoms with Crippen molar-refractivity contribution in [1.82, 2.24) is 10.2 Å². The van der Waals surface area contributed by atoms with Crippen molar-refractivity contribution in [3.8, 4) is 0 Å². The van der Waals surface area contributed by atoms with Gasteiger partial charge in [-0.25, -0.2) is 0 Å². The minimum absolute atomic E-state index is 0.407. The van der Waals surface area contributed by atoms with E-state index in [0.717, 1.165) is 26.2 Å². The average molecular weight is 290 g/mol. The van der Waals surface area contributed by atoms with E-state index in [4.69, 9.17) is 4.74 Å². The molecule has 1 heterocycles. The van der Waals surface area contributed by atoms with Crippen molar-refractivity contribution in [2.75, 3.05) is 33.3 Å². The van der Waals surface area contributed by atoms with Gasteiger partial charge in [-0.05, 0) is 37.9 Å². The summed E-state index contributed by atoms with van der Waals surface area (Å²) >= 11 is 0.